The standard InChI is InChI=1S/C24H21F3N2O/c25-24(26,27)20-10-6-9-19(15-20)17-29-14-13-28(16-18-7-2-1-3-8-18)22-12-5-4-11-21(22)23(29)30/h1-12,15H,13-14,16-17H2. The second-order valence-corrected chi connectivity index (χ2v) is 7.35. The first-order valence-corrected chi connectivity index (χ1v) is 9.75. The van der Waals surface area contributed by atoms with Gasteiger partial charge in [0, 0.05) is 31.9 Å². The van der Waals surface area contributed by atoms with Gasteiger partial charge in [-0.05, 0) is 35.4 Å². The largest absolute Gasteiger partial charge is 0.416 e. The molecule has 1 aliphatic rings. The highest BCUT2D eigenvalue weighted by molar-refractivity contribution is 6.00. The van der Waals surface area contributed by atoms with Crippen LogP contribution in [0.15, 0.2) is 78.9 Å². The molecule has 0 saturated heterocycles. The molecule has 0 unspecified atom stereocenters. The first-order chi connectivity index (χ1) is 14.4. The molecule has 0 N–H and O–H groups in total. The molecule has 1 heterocycles. The molecule has 0 saturated carbocycles. The molecule has 3 aromatic rings. The monoisotopic (exact) mass is 410 g/mol. The van der Waals surface area contributed by atoms with E-state index >= 15 is 0 Å². The Bertz CT molecular complexity index is 1030. The topological polar surface area (TPSA) is 23.6 Å². The van der Waals surface area contributed by atoms with E-state index < -0.39 is 11.7 Å². The minimum Gasteiger partial charge on any atom is -0.365 e. The van der Waals surface area contributed by atoms with Crippen LogP contribution in [0.3, 0.4) is 0 Å². The summed E-state index contributed by atoms with van der Waals surface area (Å²) in [6.45, 7) is 1.81. The van der Waals surface area contributed by atoms with Crippen molar-refractivity contribution >= 4 is 11.6 Å². The number of anilines is 1. The summed E-state index contributed by atoms with van der Waals surface area (Å²) in [7, 11) is 0. The number of alkyl halides is 3. The third kappa shape index (κ3) is 4.32. The minimum absolute atomic E-state index is 0.135. The molecular weight excluding hydrogens is 389 g/mol. The number of carbonyl (C=O) groups excluding carboxylic acids is 1. The Morgan fingerprint density at radius 1 is 0.733 bits per heavy atom. The Kier molecular flexibility index (Phi) is 5.48. The van der Waals surface area contributed by atoms with Crippen LogP contribution in [0.25, 0.3) is 0 Å². The van der Waals surface area contributed by atoms with Crippen molar-refractivity contribution < 1.29 is 18.0 Å². The van der Waals surface area contributed by atoms with Gasteiger partial charge in [0.25, 0.3) is 5.91 Å². The molecule has 0 aliphatic carbocycles. The number of hydrogen-bond donors (Lipinski definition) is 0. The Morgan fingerprint density at radius 3 is 2.13 bits per heavy atom. The lowest BCUT2D eigenvalue weighted by Crippen LogP contribution is -2.34. The first-order valence-electron chi connectivity index (χ1n) is 9.75. The molecule has 0 fully saturated rings. The van der Waals surface area contributed by atoms with Crippen molar-refractivity contribution in [3.63, 3.8) is 0 Å². The molecule has 6 heteroatoms. The number of fused-ring (bicyclic) bond motifs is 1. The Labute approximate surface area is 173 Å². The molecule has 3 nitrogen and oxygen atoms in total. The van der Waals surface area contributed by atoms with Crippen LogP contribution in [0.5, 0.6) is 0 Å². The van der Waals surface area contributed by atoms with Crippen LogP contribution in [0.2, 0.25) is 0 Å². The summed E-state index contributed by atoms with van der Waals surface area (Å²) in [5.74, 6) is -0.168. The zero-order valence-electron chi connectivity index (χ0n) is 16.3. The SMILES string of the molecule is O=C1c2ccccc2N(Cc2ccccc2)CCN1Cc1cccc(C(F)(F)F)c1. The lowest BCUT2D eigenvalue weighted by Gasteiger charge is -2.25. The highest BCUT2D eigenvalue weighted by Crippen LogP contribution is 2.31. The summed E-state index contributed by atoms with van der Waals surface area (Å²) >= 11 is 0. The van der Waals surface area contributed by atoms with E-state index in [0.717, 1.165) is 23.4 Å². The van der Waals surface area contributed by atoms with Gasteiger partial charge in [0.05, 0.1) is 11.1 Å². The Balaban J connectivity index is 1.60. The molecule has 0 atom stereocenters. The van der Waals surface area contributed by atoms with Gasteiger partial charge in [0.15, 0.2) is 0 Å². The quantitative estimate of drug-likeness (QED) is 0.578. The summed E-state index contributed by atoms with van der Waals surface area (Å²) in [5.41, 5.74) is 2.31. The van der Waals surface area contributed by atoms with Gasteiger partial charge in [-0.3, -0.25) is 4.79 Å². The number of benzene rings is 3. The molecule has 0 radical (unpaired) electrons. The number of para-hydroxylation sites is 1. The summed E-state index contributed by atoms with van der Waals surface area (Å²) < 4.78 is 39.2. The fraction of sp³-hybridized carbons (Fsp3) is 0.208. The van der Waals surface area contributed by atoms with Crippen molar-refractivity contribution in [2.24, 2.45) is 0 Å². The van der Waals surface area contributed by atoms with E-state index in [0.29, 0.717) is 30.8 Å². The van der Waals surface area contributed by atoms with Gasteiger partial charge in [0.1, 0.15) is 0 Å². The number of carbonyl (C=O) groups is 1. The highest BCUT2D eigenvalue weighted by atomic mass is 19.4. The van der Waals surface area contributed by atoms with E-state index in [2.05, 4.69) is 4.90 Å². The minimum atomic E-state index is -4.40. The number of hydrogen-bond acceptors (Lipinski definition) is 2. The summed E-state index contributed by atoms with van der Waals surface area (Å²) in [4.78, 5) is 17.0. The predicted molar refractivity (Wildman–Crippen MR) is 110 cm³/mol. The number of halogens is 3. The molecular formula is C24H21F3N2O. The van der Waals surface area contributed by atoms with Crippen LogP contribution in [0.4, 0.5) is 18.9 Å². The zero-order valence-corrected chi connectivity index (χ0v) is 16.3. The molecule has 1 aliphatic heterocycles. The van der Waals surface area contributed by atoms with E-state index in [4.69, 9.17) is 0 Å². The van der Waals surface area contributed by atoms with Crippen molar-refractivity contribution in [2.45, 2.75) is 19.3 Å². The lowest BCUT2D eigenvalue weighted by atomic mass is 10.1. The van der Waals surface area contributed by atoms with Crippen molar-refractivity contribution in [3.05, 3.63) is 101 Å². The van der Waals surface area contributed by atoms with Gasteiger partial charge in [0.2, 0.25) is 0 Å². The molecule has 154 valence electrons. The zero-order chi connectivity index (χ0) is 21.1. The van der Waals surface area contributed by atoms with Crippen LogP contribution in [-0.2, 0) is 19.3 Å². The molecule has 0 aromatic heterocycles. The second-order valence-electron chi connectivity index (χ2n) is 7.35. The third-order valence-electron chi connectivity index (χ3n) is 5.25. The van der Waals surface area contributed by atoms with Crippen molar-refractivity contribution in [2.75, 3.05) is 18.0 Å². The fourth-order valence-corrected chi connectivity index (χ4v) is 3.75. The molecule has 1 amide bonds. The van der Waals surface area contributed by atoms with E-state index in [1.807, 2.05) is 48.5 Å². The normalized spacial score (nSPS) is 14.4. The maximum absolute atomic E-state index is 13.2. The van der Waals surface area contributed by atoms with Gasteiger partial charge in [-0.15, -0.1) is 0 Å². The van der Waals surface area contributed by atoms with Gasteiger partial charge in [-0.25, -0.2) is 0 Å². The Morgan fingerprint density at radius 2 is 1.37 bits per heavy atom. The lowest BCUT2D eigenvalue weighted by molar-refractivity contribution is -0.137. The van der Waals surface area contributed by atoms with E-state index in [1.54, 1.807) is 17.0 Å². The van der Waals surface area contributed by atoms with E-state index in [1.165, 1.54) is 6.07 Å². The van der Waals surface area contributed by atoms with Crippen LogP contribution < -0.4 is 4.90 Å². The van der Waals surface area contributed by atoms with Crippen LogP contribution in [-0.4, -0.2) is 23.9 Å². The van der Waals surface area contributed by atoms with Crippen molar-refractivity contribution in [3.8, 4) is 0 Å². The Hall–Kier alpha value is -3.28. The van der Waals surface area contributed by atoms with Crippen molar-refractivity contribution in [1.29, 1.82) is 0 Å². The second kappa shape index (κ2) is 8.22. The van der Waals surface area contributed by atoms with Crippen LogP contribution in [0, 0.1) is 0 Å². The number of rotatable bonds is 4. The number of amides is 1. The van der Waals surface area contributed by atoms with Gasteiger partial charge < -0.3 is 9.80 Å². The first kappa shape index (κ1) is 20.0. The smallest absolute Gasteiger partial charge is 0.365 e. The molecule has 4 rings (SSSR count). The van der Waals surface area contributed by atoms with Gasteiger partial charge in [-0.2, -0.15) is 13.2 Å². The predicted octanol–water partition coefficient (Wildman–Crippen LogP) is 5.37. The highest BCUT2D eigenvalue weighted by Gasteiger charge is 2.31. The fourth-order valence-electron chi connectivity index (χ4n) is 3.75. The summed E-state index contributed by atoms with van der Waals surface area (Å²) in [6, 6.07) is 22.6. The maximum Gasteiger partial charge on any atom is 0.416 e. The van der Waals surface area contributed by atoms with Crippen LogP contribution in [0.1, 0.15) is 27.0 Å². The molecule has 30 heavy (non-hydrogen) atoms. The molecule has 0 spiro atoms. The average Bonchev–Trinajstić information content (AvgIpc) is 2.87. The summed E-state index contributed by atoms with van der Waals surface area (Å²) in [5, 5.41) is 0. The molecule has 3 aromatic carbocycles. The van der Waals surface area contributed by atoms with E-state index in [-0.39, 0.29) is 12.5 Å². The maximum atomic E-state index is 13.2. The average molecular weight is 410 g/mol. The third-order valence-corrected chi connectivity index (χ3v) is 5.25. The van der Waals surface area contributed by atoms with E-state index in [9.17, 15) is 18.0 Å². The molecule has 0 bridgehead atoms. The van der Waals surface area contributed by atoms with Gasteiger partial charge in [-0.1, -0.05) is 54.6 Å². The summed E-state index contributed by atoms with van der Waals surface area (Å²) in [6.07, 6.45) is -4.40. The van der Waals surface area contributed by atoms with Crippen LogP contribution >= 0.6 is 0 Å². The number of nitrogens with zero attached hydrogens (tertiary/aromatic N) is 2. The van der Waals surface area contributed by atoms with Crippen molar-refractivity contribution in [1.82, 2.24) is 4.90 Å². The van der Waals surface area contributed by atoms with Gasteiger partial charge >= 0.3 is 6.18 Å².